The molecular formula is C18H19N3O2. The summed E-state index contributed by atoms with van der Waals surface area (Å²) in [6.07, 6.45) is 4.51. The van der Waals surface area contributed by atoms with Crippen molar-refractivity contribution in [1.29, 1.82) is 0 Å². The van der Waals surface area contributed by atoms with Crippen molar-refractivity contribution in [1.82, 2.24) is 14.7 Å². The summed E-state index contributed by atoms with van der Waals surface area (Å²) >= 11 is 0. The zero-order valence-corrected chi connectivity index (χ0v) is 13.2. The van der Waals surface area contributed by atoms with Crippen molar-refractivity contribution in [3.05, 3.63) is 65.6 Å². The SMILES string of the molecule is COc1ccccc1CCNC(=O)c1cccn2cc(C)nc12. The van der Waals surface area contributed by atoms with Gasteiger partial charge < -0.3 is 14.5 Å². The summed E-state index contributed by atoms with van der Waals surface area (Å²) in [6, 6.07) is 11.5. The van der Waals surface area contributed by atoms with Crippen LogP contribution < -0.4 is 10.1 Å². The van der Waals surface area contributed by atoms with E-state index in [2.05, 4.69) is 10.3 Å². The lowest BCUT2D eigenvalue weighted by atomic mass is 10.1. The zero-order chi connectivity index (χ0) is 16.2. The van der Waals surface area contributed by atoms with E-state index in [4.69, 9.17) is 4.74 Å². The molecule has 0 aliphatic rings. The van der Waals surface area contributed by atoms with Crippen molar-refractivity contribution in [2.45, 2.75) is 13.3 Å². The van der Waals surface area contributed by atoms with Crippen molar-refractivity contribution < 1.29 is 9.53 Å². The van der Waals surface area contributed by atoms with Gasteiger partial charge in [-0.1, -0.05) is 18.2 Å². The number of aryl methyl sites for hydroxylation is 1. The van der Waals surface area contributed by atoms with E-state index in [1.165, 1.54) is 0 Å². The molecule has 2 heterocycles. The second-order valence-electron chi connectivity index (χ2n) is 5.35. The third-order valence-electron chi connectivity index (χ3n) is 3.72. The van der Waals surface area contributed by atoms with Crippen LogP contribution in [0.1, 0.15) is 21.6 Å². The topological polar surface area (TPSA) is 55.6 Å². The average molecular weight is 309 g/mol. The number of carbonyl (C=O) groups is 1. The number of pyridine rings is 1. The monoisotopic (exact) mass is 309 g/mol. The van der Waals surface area contributed by atoms with Gasteiger partial charge in [-0.15, -0.1) is 0 Å². The van der Waals surface area contributed by atoms with Crippen LogP contribution in [0, 0.1) is 6.92 Å². The molecule has 118 valence electrons. The molecule has 0 aliphatic heterocycles. The summed E-state index contributed by atoms with van der Waals surface area (Å²) in [4.78, 5) is 16.8. The van der Waals surface area contributed by atoms with Gasteiger partial charge in [0.05, 0.1) is 18.4 Å². The largest absolute Gasteiger partial charge is 0.496 e. The molecule has 0 unspecified atom stereocenters. The molecule has 1 amide bonds. The smallest absolute Gasteiger partial charge is 0.255 e. The van der Waals surface area contributed by atoms with Crippen molar-refractivity contribution in [3.63, 3.8) is 0 Å². The van der Waals surface area contributed by atoms with E-state index in [0.717, 1.165) is 17.0 Å². The molecule has 3 aromatic rings. The first kappa shape index (κ1) is 15.1. The lowest BCUT2D eigenvalue weighted by Crippen LogP contribution is -2.26. The van der Waals surface area contributed by atoms with E-state index in [1.54, 1.807) is 13.2 Å². The van der Waals surface area contributed by atoms with Gasteiger partial charge in [0.2, 0.25) is 0 Å². The van der Waals surface area contributed by atoms with E-state index in [9.17, 15) is 4.79 Å². The highest BCUT2D eigenvalue weighted by molar-refractivity contribution is 5.99. The van der Waals surface area contributed by atoms with Crippen molar-refractivity contribution in [2.24, 2.45) is 0 Å². The highest BCUT2D eigenvalue weighted by Crippen LogP contribution is 2.17. The van der Waals surface area contributed by atoms with Gasteiger partial charge in [-0.25, -0.2) is 4.98 Å². The van der Waals surface area contributed by atoms with E-state index < -0.39 is 0 Å². The molecular weight excluding hydrogens is 290 g/mol. The predicted octanol–water partition coefficient (Wildman–Crippen LogP) is 2.62. The molecule has 0 atom stereocenters. The first-order valence-corrected chi connectivity index (χ1v) is 7.53. The third kappa shape index (κ3) is 3.18. The maximum absolute atomic E-state index is 12.4. The van der Waals surface area contributed by atoms with Gasteiger partial charge in [-0.05, 0) is 37.1 Å². The number of ether oxygens (including phenoxy) is 1. The Morgan fingerprint density at radius 3 is 2.91 bits per heavy atom. The number of rotatable bonds is 5. The van der Waals surface area contributed by atoms with Crippen LogP contribution in [0.4, 0.5) is 0 Å². The Hall–Kier alpha value is -2.82. The van der Waals surface area contributed by atoms with Crippen LogP contribution in [0.15, 0.2) is 48.8 Å². The summed E-state index contributed by atoms with van der Waals surface area (Å²) in [7, 11) is 1.65. The molecule has 0 saturated heterocycles. The molecule has 1 N–H and O–H groups in total. The number of aromatic nitrogens is 2. The van der Waals surface area contributed by atoms with Gasteiger partial charge in [0.15, 0.2) is 0 Å². The summed E-state index contributed by atoms with van der Waals surface area (Å²) in [5.74, 6) is 0.726. The second-order valence-corrected chi connectivity index (χ2v) is 5.35. The molecule has 5 nitrogen and oxygen atoms in total. The molecule has 0 fully saturated rings. The van der Waals surface area contributed by atoms with Crippen LogP contribution in [-0.2, 0) is 6.42 Å². The first-order valence-electron chi connectivity index (χ1n) is 7.53. The van der Waals surface area contributed by atoms with Crippen molar-refractivity contribution >= 4 is 11.6 Å². The number of hydrogen-bond donors (Lipinski definition) is 1. The Morgan fingerprint density at radius 1 is 1.26 bits per heavy atom. The molecule has 0 aliphatic carbocycles. The number of nitrogens with zero attached hydrogens (tertiary/aromatic N) is 2. The third-order valence-corrected chi connectivity index (χ3v) is 3.72. The number of methoxy groups -OCH3 is 1. The first-order chi connectivity index (χ1) is 11.2. The van der Waals surface area contributed by atoms with Crippen LogP contribution >= 0.6 is 0 Å². The quantitative estimate of drug-likeness (QED) is 0.788. The fourth-order valence-electron chi connectivity index (χ4n) is 2.63. The van der Waals surface area contributed by atoms with Crippen molar-refractivity contribution in [2.75, 3.05) is 13.7 Å². The average Bonchev–Trinajstić information content (AvgIpc) is 2.95. The van der Waals surface area contributed by atoms with Crippen LogP contribution in [0.2, 0.25) is 0 Å². The second kappa shape index (κ2) is 6.52. The summed E-state index contributed by atoms with van der Waals surface area (Å²) < 4.78 is 7.19. The Bertz CT molecular complexity index is 839. The Labute approximate surface area is 134 Å². The fourth-order valence-corrected chi connectivity index (χ4v) is 2.63. The van der Waals surface area contributed by atoms with Crippen molar-refractivity contribution in [3.8, 4) is 5.75 Å². The number of hydrogen-bond acceptors (Lipinski definition) is 3. The molecule has 0 saturated carbocycles. The van der Waals surface area contributed by atoms with E-state index in [0.29, 0.717) is 24.2 Å². The number of carbonyl (C=O) groups excluding carboxylic acids is 1. The lowest BCUT2D eigenvalue weighted by Gasteiger charge is -2.09. The number of nitrogens with one attached hydrogen (secondary N) is 1. The van der Waals surface area contributed by atoms with Crippen LogP contribution in [0.25, 0.3) is 5.65 Å². The Balaban J connectivity index is 1.69. The molecule has 3 rings (SSSR count). The van der Waals surface area contributed by atoms with Gasteiger partial charge in [-0.2, -0.15) is 0 Å². The fraction of sp³-hybridized carbons (Fsp3) is 0.222. The number of fused-ring (bicyclic) bond motifs is 1. The highest BCUT2D eigenvalue weighted by Gasteiger charge is 2.12. The number of para-hydroxylation sites is 1. The molecule has 0 spiro atoms. The maximum atomic E-state index is 12.4. The van der Waals surface area contributed by atoms with Crippen LogP contribution in [0.5, 0.6) is 5.75 Å². The molecule has 1 aromatic carbocycles. The van der Waals surface area contributed by atoms with Crippen LogP contribution in [0.3, 0.4) is 0 Å². The highest BCUT2D eigenvalue weighted by atomic mass is 16.5. The summed E-state index contributed by atoms with van der Waals surface area (Å²) in [5.41, 5.74) is 3.23. The number of amides is 1. The maximum Gasteiger partial charge on any atom is 0.255 e. The zero-order valence-electron chi connectivity index (χ0n) is 13.2. The number of imidazole rings is 1. The van der Waals surface area contributed by atoms with Gasteiger partial charge in [-0.3, -0.25) is 4.79 Å². The molecule has 2 aromatic heterocycles. The molecule has 0 bridgehead atoms. The minimum atomic E-state index is -0.115. The van der Waals surface area contributed by atoms with Gasteiger partial charge >= 0.3 is 0 Å². The normalized spacial score (nSPS) is 10.7. The van der Waals surface area contributed by atoms with E-state index >= 15 is 0 Å². The van der Waals surface area contributed by atoms with Gasteiger partial charge in [0.1, 0.15) is 11.4 Å². The number of benzene rings is 1. The summed E-state index contributed by atoms with van der Waals surface area (Å²) in [6.45, 7) is 2.45. The summed E-state index contributed by atoms with van der Waals surface area (Å²) in [5, 5.41) is 2.95. The van der Waals surface area contributed by atoms with E-state index in [1.807, 2.05) is 54.0 Å². The Kier molecular flexibility index (Phi) is 4.28. The minimum Gasteiger partial charge on any atom is -0.496 e. The van der Waals surface area contributed by atoms with E-state index in [-0.39, 0.29) is 5.91 Å². The van der Waals surface area contributed by atoms with Gasteiger partial charge in [0.25, 0.3) is 5.91 Å². The van der Waals surface area contributed by atoms with Crippen LogP contribution in [-0.4, -0.2) is 28.9 Å². The Morgan fingerprint density at radius 2 is 2.09 bits per heavy atom. The molecule has 0 radical (unpaired) electrons. The minimum absolute atomic E-state index is 0.115. The molecule has 23 heavy (non-hydrogen) atoms. The predicted molar refractivity (Wildman–Crippen MR) is 89.0 cm³/mol. The van der Waals surface area contributed by atoms with Gasteiger partial charge in [0, 0.05) is 18.9 Å². The lowest BCUT2D eigenvalue weighted by molar-refractivity contribution is 0.0955. The standard InChI is InChI=1S/C18H19N3O2/c1-13-12-21-11-5-7-15(17(21)20-13)18(22)19-10-9-14-6-3-4-8-16(14)23-2/h3-8,11-12H,9-10H2,1-2H3,(H,19,22). The molecule has 5 heteroatoms.